The monoisotopic (exact) mass is 625 g/mol. The number of hydrogen-bond donors (Lipinski definition) is 2. The van der Waals surface area contributed by atoms with Crippen LogP contribution in [0.4, 0.5) is 16.0 Å². The molecule has 0 fully saturated rings. The van der Waals surface area contributed by atoms with Gasteiger partial charge in [0.1, 0.15) is 24.2 Å². The average molecular weight is 626 g/mol. The number of thioether (sulfide) groups is 1. The first-order valence-electron chi connectivity index (χ1n) is 14.0. The molecule has 7 nitrogen and oxygen atoms in total. The SMILES string of the molecule is CC1=C(C(=O)Nc2ccccc2C)C(c2ccc(OCc3ccc(Cl)cc3)cc2)n2nc(SCc3ccccc3F)nc2N1. The van der Waals surface area contributed by atoms with E-state index in [-0.39, 0.29) is 11.7 Å². The molecule has 2 heterocycles. The zero-order valence-corrected chi connectivity index (χ0v) is 25.6. The number of ether oxygens (including phenoxy) is 1. The summed E-state index contributed by atoms with van der Waals surface area (Å²) in [5, 5.41) is 12.3. The number of aromatic nitrogens is 3. The normalized spacial score (nSPS) is 14.1. The number of rotatable bonds is 9. The minimum absolute atomic E-state index is 0.251. The van der Waals surface area contributed by atoms with E-state index in [1.54, 1.807) is 22.9 Å². The Labute approximate surface area is 264 Å². The van der Waals surface area contributed by atoms with Crippen molar-refractivity contribution in [2.45, 2.75) is 37.4 Å². The van der Waals surface area contributed by atoms with Gasteiger partial charge in [0.2, 0.25) is 11.1 Å². The third kappa shape index (κ3) is 6.49. The standard InChI is InChI=1S/C34H29ClFN5O2S/c1-21-7-3-6-10-29(21)38-32(42)30-22(2)37-33-39-34(44-20-25-8-4-5-9-28(25)36)40-41(33)31(30)24-13-17-27(18-14-24)43-19-23-11-15-26(35)16-12-23/h3-18,31H,19-20H2,1-2H3,(H,38,42)(H,37,39,40). The second kappa shape index (κ2) is 13.0. The highest BCUT2D eigenvalue weighted by atomic mass is 35.5. The number of halogens is 2. The van der Waals surface area contributed by atoms with Crippen LogP contribution in [0.25, 0.3) is 0 Å². The van der Waals surface area contributed by atoms with Gasteiger partial charge in [-0.25, -0.2) is 9.07 Å². The molecular formula is C34H29ClFN5O2S. The highest BCUT2D eigenvalue weighted by molar-refractivity contribution is 7.98. The van der Waals surface area contributed by atoms with Crippen LogP contribution >= 0.6 is 23.4 Å². The molecule has 0 saturated heterocycles. The number of anilines is 2. The maximum Gasteiger partial charge on any atom is 0.255 e. The molecule has 1 unspecified atom stereocenters. The number of nitrogens with zero attached hydrogens (tertiary/aromatic N) is 3. The maximum atomic E-state index is 14.3. The number of allylic oxidation sites excluding steroid dienone is 1. The van der Waals surface area contributed by atoms with E-state index in [1.807, 2.05) is 86.6 Å². The van der Waals surface area contributed by atoms with E-state index in [0.29, 0.717) is 51.1 Å². The third-order valence-corrected chi connectivity index (χ3v) is 8.44. The van der Waals surface area contributed by atoms with Gasteiger partial charge in [0, 0.05) is 22.2 Å². The van der Waals surface area contributed by atoms with Crippen LogP contribution in [0.2, 0.25) is 5.02 Å². The van der Waals surface area contributed by atoms with Crippen LogP contribution in [0.3, 0.4) is 0 Å². The predicted molar refractivity (Wildman–Crippen MR) is 172 cm³/mol. The second-order valence-corrected chi connectivity index (χ2v) is 11.7. The molecule has 1 aliphatic rings. The lowest BCUT2D eigenvalue weighted by molar-refractivity contribution is -0.113. The van der Waals surface area contributed by atoms with Gasteiger partial charge in [0.15, 0.2) is 0 Å². The van der Waals surface area contributed by atoms with E-state index in [1.165, 1.54) is 17.8 Å². The summed E-state index contributed by atoms with van der Waals surface area (Å²) in [5.41, 5.74) is 5.25. The Bertz CT molecular complexity index is 1840. The van der Waals surface area contributed by atoms with Gasteiger partial charge in [-0.3, -0.25) is 4.79 Å². The summed E-state index contributed by atoms with van der Waals surface area (Å²) in [5.74, 6) is 1.03. The molecule has 0 radical (unpaired) electrons. The fraction of sp³-hybridized carbons (Fsp3) is 0.147. The van der Waals surface area contributed by atoms with Gasteiger partial charge in [-0.2, -0.15) is 4.98 Å². The molecule has 0 saturated carbocycles. The molecule has 222 valence electrons. The summed E-state index contributed by atoms with van der Waals surface area (Å²) in [6.07, 6.45) is 0. The number of benzene rings is 4. The minimum atomic E-state index is -0.573. The van der Waals surface area contributed by atoms with Crippen molar-refractivity contribution in [3.05, 3.63) is 141 Å². The number of carbonyl (C=O) groups is 1. The number of fused-ring (bicyclic) bond motifs is 1. The quantitative estimate of drug-likeness (QED) is 0.161. The van der Waals surface area contributed by atoms with Crippen LogP contribution in [0, 0.1) is 12.7 Å². The molecule has 1 aromatic heterocycles. The van der Waals surface area contributed by atoms with E-state index in [0.717, 1.165) is 22.4 Å². The lowest BCUT2D eigenvalue weighted by Gasteiger charge is -2.29. The van der Waals surface area contributed by atoms with Crippen molar-refractivity contribution in [3.63, 3.8) is 0 Å². The Kier molecular flexibility index (Phi) is 8.67. The molecule has 1 aliphatic heterocycles. The Morgan fingerprint density at radius 1 is 1.00 bits per heavy atom. The molecular weight excluding hydrogens is 597 g/mol. The summed E-state index contributed by atoms with van der Waals surface area (Å²) >= 11 is 7.33. The topological polar surface area (TPSA) is 81.1 Å². The van der Waals surface area contributed by atoms with E-state index in [4.69, 9.17) is 21.4 Å². The summed E-state index contributed by atoms with van der Waals surface area (Å²) < 4.78 is 22.0. The molecule has 0 bridgehead atoms. The number of nitrogens with one attached hydrogen (secondary N) is 2. The van der Waals surface area contributed by atoms with Crippen molar-refractivity contribution in [1.29, 1.82) is 0 Å². The Morgan fingerprint density at radius 2 is 1.73 bits per heavy atom. The number of amides is 1. The Balaban J connectivity index is 1.30. The van der Waals surface area contributed by atoms with Crippen molar-refractivity contribution in [1.82, 2.24) is 14.8 Å². The van der Waals surface area contributed by atoms with Crippen molar-refractivity contribution in [2.24, 2.45) is 0 Å². The highest BCUT2D eigenvalue weighted by Crippen LogP contribution is 2.38. The molecule has 10 heteroatoms. The number of carbonyl (C=O) groups excluding carboxylic acids is 1. The van der Waals surface area contributed by atoms with Crippen LogP contribution in [0.1, 0.15) is 35.2 Å². The minimum Gasteiger partial charge on any atom is -0.489 e. The number of hydrogen-bond acceptors (Lipinski definition) is 6. The third-order valence-electron chi connectivity index (χ3n) is 7.30. The zero-order valence-electron chi connectivity index (χ0n) is 24.1. The molecule has 5 aromatic rings. The summed E-state index contributed by atoms with van der Waals surface area (Å²) in [4.78, 5) is 18.6. The van der Waals surface area contributed by atoms with Gasteiger partial charge >= 0.3 is 0 Å². The number of para-hydroxylation sites is 1. The van der Waals surface area contributed by atoms with Crippen LogP contribution in [0.5, 0.6) is 5.75 Å². The fourth-order valence-corrected chi connectivity index (χ4v) is 5.89. The lowest BCUT2D eigenvalue weighted by Crippen LogP contribution is -2.31. The molecule has 6 rings (SSSR count). The van der Waals surface area contributed by atoms with Gasteiger partial charge in [-0.15, -0.1) is 5.10 Å². The van der Waals surface area contributed by atoms with Gasteiger partial charge in [-0.1, -0.05) is 84.0 Å². The van der Waals surface area contributed by atoms with E-state index < -0.39 is 6.04 Å². The smallest absolute Gasteiger partial charge is 0.255 e. The predicted octanol–water partition coefficient (Wildman–Crippen LogP) is 8.18. The van der Waals surface area contributed by atoms with Gasteiger partial charge in [0.25, 0.3) is 5.91 Å². The van der Waals surface area contributed by atoms with Crippen molar-refractivity contribution in [2.75, 3.05) is 10.6 Å². The van der Waals surface area contributed by atoms with Gasteiger partial charge < -0.3 is 15.4 Å². The van der Waals surface area contributed by atoms with Crippen molar-refractivity contribution < 1.29 is 13.9 Å². The lowest BCUT2D eigenvalue weighted by atomic mass is 9.95. The second-order valence-electron chi connectivity index (χ2n) is 10.4. The Morgan fingerprint density at radius 3 is 2.48 bits per heavy atom. The van der Waals surface area contributed by atoms with E-state index in [2.05, 4.69) is 15.6 Å². The zero-order chi connectivity index (χ0) is 30.6. The fourth-order valence-electron chi connectivity index (χ4n) is 4.95. The maximum absolute atomic E-state index is 14.3. The van der Waals surface area contributed by atoms with Gasteiger partial charge in [0.05, 0.1) is 5.57 Å². The Hall–Kier alpha value is -4.60. The van der Waals surface area contributed by atoms with Crippen LogP contribution in [0.15, 0.2) is 113 Å². The average Bonchev–Trinajstić information content (AvgIpc) is 3.43. The van der Waals surface area contributed by atoms with E-state index >= 15 is 0 Å². The molecule has 44 heavy (non-hydrogen) atoms. The summed E-state index contributed by atoms with van der Waals surface area (Å²) in [6.45, 7) is 4.20. The van der Waals surface area contributed by atoms with Crippen molar-refractivity contribution in [3.8, 4) is 5.75 Å². The molecule has 4 aromatic carbocycles. The highest BCUT2D eigenvalue weighted by Gasteiger charge is 2.34. The largest absolute Gasteiger partial charge is 0.489 e. The van der Waals surface area contributed by atoms with Gasteiger partial charge in [-0.05, 0) is 72.5 Å². The summed E-state index contributed by atoms with van der Waals surface area (Å²) in [7, 11) is 0. The first-order chi connectivity index (χ1) is 21.4. The summed E-state index contributed by atoms with van der Waals surface area (Å²) in [6, 6.07) is 28.8. The molecule has 0 spiro atoms. The molecule has 1 amide bonds. The van der Waals surface area contributed by atoms with Crippen LogP contribution < -0.4 is 15.4 Å². The van der Waals surface area contributed by atoms with Crippen LogP contribution in [-0.4, -0.2) is 20.7 Å². The molecule has 1 atom stereocenters. The van der Waals surface area contributed by atoms with Crippen LogP contribution in [-0.2, 0) is 17.2 Å². The first-order valence-corrected chi connectivity index (χ1v) is 15.4. The van der Waals surface area contributed by atoms with Crippen molar-refractivity contribution >= 4 is 40.9 Å². The number of aryl methyl sites for hydroxylation is 1. The molecule has 2 N–H and O–H groups in total. The first kappa shape index (κ1) is 29.5. The molecule has 0 aliphatic carbocycles. The van der Waals surface area contributed by atoms with E-state index in [9.17, 15) is 9.18 Å².